The van der Waals surface area contributed by atoms with E-state index >= 15 is 0 Å². The van der Waals surface area contributed by atoms with Gasteiger partial charge < -0.3 is 5.32 Å². The average Bonchev–Trinajstić information content (AvgIpc) is 3.28. The van der Waals surface area contributed by atoms with Crippen molar-refractivity contribution in [2.75, 3.05) is 5.32 Å². The van der Waals surface area contributed by atoms with E-state index in [2.05, 4.69) is 15.5 Å². The highest BCUT2D eigenvalue weighted by molar-refractivity contribution is 6.42. The highest BCUT2D eigenvalue weighted by Gasteiger charge is 2.20. The van der Waals surface area contributed by atoms with Crippen molar-refractivity contribution >= 4 is 34.8 Å². The fourth-order valence-electron chi connectivity index (χ4n) is 3.33. The lowest BCUT2D eigenvalue weighted by atomic mass is 10.2. The van der Waals surface area contributed by atoms with Gasteiger partial charge in [-0.1, -0.05) is 47.5 Å². The van der Waals surface area contributed by atoms with Gasteiger partial charge in [0.25, 0.3) is 5.91 Å². The number of aryl methyl sites for hydroxylation is 1. The number of nitrogens with one attached hydrogen (secondary N) is 1. The molecular formula is C22H19Cl2N5O. The number of rotatable bonds is 5. The summed E-state index contributed by atoms with van der Waals surface area (Å²) in [6, 6.07) is 15.2. The molecule has 8 heteroatoms. The van der Waals surface area contributed by atoms with Crippen molar-refractivity contribution in [1.82, 2.24) is 19.6 Å². The van der Waals surface area contributed by atoms with Crippen LogP contribution in [0, 0.1) is 13.8 Å². The Balaban J connectivity index is 1.51. The Bertz CT molecular complexity index is 1210. The average molecular weight is 440 g/mol. The summed E-state index contributed by atoms with van der Waals surface area (Å²) < 4.78 is 3.50. The SMILES string of the molecule is Cc1nn(-c2ccccc2)c(C)c1C(=O)Nc1cnn(Cc2ccc(Cl)c(Cl)c2)c1. The van der Waals surface area contributed by atoms with E-state index in [1.165, 1.54) is 0 Å². The molecule has 0 spiro atoms. The van der Waals surface area contributed by atoms with Crippen molar-refractivity contribution in [2.24, 2.45) is 0 Å². The van der Waals surface area contributed by atoms with Gasteiger partial charge in [-0.3, -0.25) is 9.48 Å². The molecule has 0 saturated carbocycles. The van der Waals surface area contributed by atoms with Gasteiger partial charge in [-0.2, -0.15) is 10.2 Å². The fourth-order valence-corrected chi connectivity index (χ4v) is 3.65. The number of para-hydroxylation sites is 1. The van der Waals surface area contributed by atoms with Crippen LogP contribution in [0.3, 0.4) is 0 Å². The first-order valence-corrected chi connectivity index (χ1v) is 10.1. The van der Waals surface area contributed by atoms with Crippen LogP contribution in [-0.4, -0.2) is 25.5 Å². The van der Waals surface area contributed by atoms with Crippen LogP contribution >= 0.6 is 23.2 Å². The van der Waals surface area contributed by atoms with Crippen molar-refractivity contribution < 1.29 is 4.79 Å². The summed E-state index contributed by atoms with van der Waals surface area (Å²) in [5.41, 5.74) is 4.46. The lowest BCUT2D eigenvalue weighted by Gasteiger charge is -2.06. The zero-order chi connectivity index (χ0) is 21.3. The molecule has 4 rings (SSSR count). The molecular weight excluding hydrogens is 421 g/mol. The van der Waals surface area contributed by atoms with E-state index in [0.29, 0.717) is 33.5 Å². The summed E-state index contributed by atoms with van der Waals surface area (Å²) in [4.78, 5) is 12.9. The summed E-state index contributed by atoms with van der Waals surface area (Å²) in [6.07, 6.45) is 3.38. The first kappa shape index (κ1) is 20.2. The standard InChI is InChI=1S/C22H19Cl2N5O/c1-14-21(15(2)29(27-14)18-6-4-3-5-7-18)22(30)26-17-11-25-28(13-17)12-16-8-9-19(23)20(24)10-16/h3-11,13H,12H2,1-2H3,(H,26,30). The Kier molecular flexibility index (Phi) is 5.61. The van der Waals surface area contributed by atoms with Gasteiger partial charge in [0, 0.05) is 6.20 Å². The van der Waals surface area contributed by atoms with Crippen LogP contribution in [0.5, 0.6) is 0 Å². The van der Waals surface area contributed by atoms with Gasteiger partial charge in [0.15, 0.2) is 0 Å². The second-order valence-electron chi connectivity index (χ2n) is 6.92. The third-order valence-electron chi connectivity index (χ3n) is 4.74. The number of carbonyl (C=O) groups excluding carboxylic acids is 1. The maximum absolute atomic E-state index is 12.9. The number of nitrogens with zero attached hydrogens (tertiary/aromatic N) is 4. The number of hydrogen-bond acceptors (Lipinski definition) is 3. The summed E-state index contributed by atoms with van der Waals surface area (Å²) >= 11 is 12.0. The number of aromatic nitrogens is 4. The lowest BCUT2D eigenvalue weighted by Crippen LogP contribution is -2.13. The van der Waals surface area contributed by atoms with Gasteiger partial charge >= 0.3 is 0 Å². The van der Waals surface area contributed by atoms with E-state index in [9.17, 15) is 4.79 Å². The summed E-state index contributed by atoms with van der Waals surface area (Å²) in [6.45, 7) is 4.22. The van der Waals surface area contributed by atoms with Gasteiger partial charge in [-0.15, -0.1) is 0 Å². The van der Waals surface area contributed by atoms with Crippen molar-refractivity contribution in [3.63, 3.8) is 0 Å². The maximum atomic E-state index is 12.9. The second-order valence-corrected chi connectivity index (χ2v) is 7.74. The highest BCUT2D eigenvalue weighted by Crippen LogP contribution is 2.23. The normalized spacial score (nSPS) is 10.9. The Hall–Kier alpha value is -3.09. The minimum Gasteiger partial charge on any atom is -0.319 e. The van der Waals surface area contributed by atoms with Crippen molar-refractivity contribution in [3.8, 4) is 5.69 Å². The molecule has 0 aliphatic heterocycles. The highest BCUT2D eigenvalue weighted by atomic mass is 35.5. The van der Waals surface area contributed by atoms with Crippen LogP contribution in [0.15, 0.2) is 60.9 Å². The van der Waals surface area contributed by atoms with Gasteiger partial charge in [-0.05, 0) is 43.7 Å². The number of halogens is 2. The quantitative estimate of drug-likeness (QED) is 0.459. The molecule has 0 aliphatic rings. The fraction of sp³-hybridized carbons (Fsp3) is 0.136. The van der Waals surface area contributed by atoms with Crippen LogP contribution < -0.4 is 5.32 Å². The molecule has 0 fully saturated rings. The van der Waals surface area contributed by atoms with E-state index < -0.39 is 0 Å². The summed E-state index contributed by atoms with van der Waals surface area (Å²) in [7, 11) is 0. The number of carbonyl (C=O) groups is 1. The minimum absolute atomic E-state index is 0.221. The Morgan fingerprint density at radius 2 is 1.83 bits per heavy atom. The number of hydrogen-bond donors (Lipinski definition) is 1. The summed E-state index contributed by atoms with van der Waals surface area (Å²) in [5.74, 6) is -0.221. The maximum Gasteiger partial charge on any atom is 0.259 e. The van der Waals surface area contributed by atoms with Crippen LogP contribution in [0.1, 0.15) is 27.3 Å². The van der Waals surface area contributed by atoms with Crippen molar-refractivity contribution in [1.29, 1.82) is 0 Å². The molecule has 152 valence electrons. The zero-order valence-electron chi connectivity index (χ0n) is 16.4. The van der Waals surface area contributed by atoms with Crippen LogP contribution in [0.25, 0.3) is 5.69 Å². The summed E-state index contributed by atoms with van der Waals surface area (Å²) in [5, 5.41) is 12.8. The Morgan fingerprint density at radius 1 is 1.07 bits per heavy atom. The molecule has 0 aliphatic carbocycles. The van der Waals surface area contributed by atoms with Crippen molar-refractivity contribution in [2.45, 2.75) is 20.4 Å². The van der Waals surface area contributed by atoms with E-state index in [1.807, 2.05) is 50.2 Å². The molecule has 0 unspecified atom stereocenters. The molecule has 30 heavy (non-hydrogen) atoms. The third kappa shape index (κ3) is 4.10. The second kappa shape index (κ2) is 8.34. The van der Waals surface area contributed by atoms with Crippen molar-refractivity contribution in [3.05, 3.63) is 93.5 Å². The molecule has 2 aromatic heterocycles. The zero-order valence-corrected chi connectivity index (χ0v) is 17.9. The minimum atomic E-state index is -0.221. The molecule has 2 heterocycles. The van der Waals surface area contributed by atoms with Crippen LogP contribution in [0.4, 0.5) is 5.69 Å². The lowest BCUT2D eigenvalue weighted by molar-refractivity contribution is 0.102. The number of anilines is 1. The Morgan fingerprint density at radius 3 is 2.57 bits per heavy atom. The van der Waals surface area contributed by atoms with Gasteiger partial charge in [0.2, 0.25) is 0 Å². The van der Waals surface area contributed by atoms with E-state index in [4.69, 9.17) is 23.2 Å². The monoisotopic (exact) mass is 439 g/mol. The van der Waals surface area contributed by atoms with Crippen LogP contribution in [0.2, 0.25) is 10.0 Å². The molecule has 6 nitrogen and oxygen atoms in total. The molecule has 0 saturated heterocycles. The predicted octanol–water partition coefficient (Wildman–Crippen LogP) is 5.29. The number of benzene rings is 2. The largest absolute Gasteiger partial charge is 0.319 e. The Labute approximate surface area is 184 Å². The predicted molar refractivity (Wildman–Crippen MR) is 119 cm³/mol. The molecule has 4 aromatic rings. The molecule has 0 radical (unpaired) electrons. The van der Waals surface area contributed by atoms with Crippen LogP contribution in [-0.2, 0) is 6.54 Å². The van der Waals surface area contributed by atoms with Gasteiger partial charge in [0.1, 0.15) is 0 Å². The molecule has 0 atom stereocenters. The number of amides is 1. The molecule has 1 N–H and O–H groups in total. The smallest absolute Gasteiger partial charge is 0.259 e. The van der Waals surface area contributed by atoms with E-state index in [1.54, 1.807) is 33.9 Å². The third-order valence-corrected chi connectivity index (χ3v) is 5.48. The topological polar surface area (TPSA) is 64.7 Å². The first-order chi connectivity index (χ1) is 14.4. The van der Waals surface area contributed by atoms with E-state index in [0.717, 1.165) is 16.9 Å². The van der Waals surface area contributed by atoms with E-state index in [-0.39, 0.29) is 5.91 Å². The first-order valence-electron chi connectivity index (χ1n) is 9.32. The molecule has 1 amide bonds. The molecule has 2 aromatic carbocycles. The van der Waals surface area contributed by atoms with Gasteiger partial charge in [-0.25, -0.2) is 4.68 Å². The molecule has 0 bridgehead atoms. The van der Waals surface area contributed by atoms with Gasteiger partial charge in [0.05, 0.1) is 51.1 Å².